The molecule has 0 atom stereocenters. The fraction of sp³-hybridized carbons (Fsp3) is 0.167. The van der Waals surface area contributed by atoms with Gasteiger partial charge in [0.2, 0.25) is 5.91 Å². The number of nitrogens with zero attached hydrogens (tertiary/aromatic N) is 1. The van der Waals surface area contributed by atoms with Gasteiger partial charge in [0.15, 0.2) is 0 Å². The maximum atomic E-state index is 11.1. The Morgan fingerprint density at radius 1 is 1.42 bits per heavy atom. The van der Waals surface area contributed by atoms with Crippen molar-refractivity contribution in [2.75, 3.05) is 7.11 Å². The molecule has 100 valence electrons. The minimum Gasteiger partial charge on any atom is -0.469 e. The first-order valence-electron chi connectivity index (χ1n) is 5.26. The number of carbonyl (C=O) groups excluding carboxylic acids is 2. The average Bonchev–Trinajstić information content (AvgIpc) is 2.38. The number of ether oxygens (including phenoxy) is 1. The summed E-state index contributed by atoms with van der Waals surface area (Å²) in [5, 5.41) is 10.7. The highest BCUT2D eigenvalue weighted by molar-refractivity contribution is 5.94. The van der Waals surface area contributed by atoms with Gasteiger partial charge >= 0.3 is 5.97 Å². The van der Waals surface area contributed by atoms with E-state index < -0.39 is 16.8 Å². The van der Waals surface area contributed by atoms with Gasteiger partial charge < -0.3 is 10.5 Å². The largest absolute Gasteiger partial charge is 0.469 e. The number of esters is 1. The first-order chi connectivity index (χ1) is 8.93. The SMILES string of the molecule is COC(=O)CC=Cc1cc(C(N)=O)cc([N+](=O)[O-])c1. The van der Waals surface area contributed by atoms with Gasteiger partial charge in [0.25, 0.3) is 5.69 Å². The van der Waals surface area contributed by atoms with Gasteiger partial charge in [0.1, 0.15) is 0 Å². The lowest BCUT2D eigenvalue weighted by Gasteiger charge is -2.00. The zero-order chi connectivity index (χ0) is 14.4. The van der Waals surface area contributed by atoms with Crippen LogP contribution in [0.5, 0.6) is 0 Å². The lowest BCUT2D eigenvalue weighted by molar-refractivity contribution is -0.384. The van der Waals surface area contributed by atoms with Gasteiger partial charge in [-0.3, -0.25) is 19.7 Å². The van der Waals surface area contributed by atoms with Crippen molar-refractivity contribution in [2.45, 2.75) is 6.42 Å². The first kappa shape index (κ1) is 14.4. The van der Waals surface area contributed by atoms with E-state index in [0.29, 0.717) is 5.56 Å². The molecule has 1 amide bonds. The highest BCUT2D eigenvalue weighted by atomic mass is 16.6. The van der Waals surface area contributed by atoms with E-state index in [9.17, 15) is 19.7 Å². The van der Waals surface area contributed by atoms with E-state index in [1.807, 2.05) is 0 Å². The van der Waals surface area contributed by atoms with Crippen LogP contribution in [0.25, 0.3) is 6.08 Å². The van der Waals surface area contributed by atoms with Crippen molar-refractivity contribution in [3.63, 3.8) is 0 Å². The number of non-ortho nitro benzene ring substituents is 1. The molecule has 1 aromatic carbocycles. The molecule has 1 aromatic rings. The highest BCUT2D eigenvalue weighted by Gasteiger charge is 2.11. The number of methoxy groups -OCH3 is 1. The van der Waals surface area contributed by atoms with Crippen LogP contribution >= 0.6 is 0 Å². The van der Waals surface area contributed by atoms with Gasteiger partial charge in [-0.05, 0) is 11.6 Å². The number of carbonyl (C=O) groups is 2. The first-order valence-corrected chi connectivity index (χ1v) is 5.26. The van der Waals surface area contributed by atoms with Crippen LogP contribution in [0.1, 0.15) is 22.3 Å². The molecule has 0 aliphatic heterocycles. The van der Waals surface area contributed by atoms with Gasteiger partial charge in [-0.2, -0.15) is 0 Å². The summed E-state index contributed by atoms with van der Waals surface area (Å²) < 4.78 is 4.44. The molecule has 0 spiro atoms. The van der Waals surface area contributed by atoms with E-state index in [-0.39, 0.29) is 17.7 Å². The molecule has 0 radical (unpaired) electrons. The van der Waals surface area contributed by atoms with Crippen LogP contribution in [0.3, 0.4) is 0 Å². The monoisotopic (exact) mass is 264 g/mol. The summed E-state index contributed by atoms with van der Waals surface area (Å²) in [5.74, 6) is -1.19. The minimum atomic E-state index is -0.758. The molecule has 0 aliphatic carbocycles. The van der Waals surface area contributed by atoms with E-state index in [2.05, 4.69) is 4.74 Å². The Hall–Kier alpha value is -2.70. The molecule has 2 N–H and O–H groups in total. The summed E-state index contributed by atoms with van der Waals surface area (Å²) in [4.78, 5) is 32.0. The summed E-state index contributed by atoms with van der Waals surface area (Å²) in [6, 6.07) is 3.78. The van der Waals surface area contributed by atoms with Crippen LogP contribution in [0.2, 0.25) is 0 Å². The smallest absolute Gasteiger partial charge is 0.309 e. The standard InChI is InChI=1S/C12H12N2O5/c1-19-11(15)4-2-3-8-5-9(12(13)16)7-10(6-8)14(17)18/h2-3,5-7H,4H2,1H3,(H2,13,16). The molecular weight excluding hydrogens is 252 g/mol. The summed E-state index contributed by atoms with van der Waals surface area (Å²) in [7, 11) is 1.26. The topological polar surface area (TPSA) is 113 Å². The molecule has 0 saturated carbocycles. The average molecular weight is 264 g/mol. The summed E-state index contributed by atoms with van der Waals surface area (Å²) in [5.41, 5.74) is 5.29. The van der Waals surface area contributed by atoms with E-state index in [0.717, 1.165) is 6.07 Å². The van der Waals surface area contributed by atoms with Crippen molar-refractivity contribution in [1.82, 2.24) is 0 Å². The van der Waals surface area contributed by atoms with E-state index in [1.54, 1.807) is 0 Å². The van der Waals surface area contributed by atoms with E-state index in [4.69, 9.17) is 5.73 Å². The fourth-order valence-corrected chi connectivity index (χ4v) is 1.35. The summed E-state index contributed by atoms with van der Waals surface area (Å²) in [6.45, 7) is 0. The normalized spacial score (nSPS) is 10.4. The predicted octanol–water partition coefficient (Wildman–Crippen LogP) is 1.27. The lowest BCUT2D eigenvalue weighted by Crippen LogP contribution is -2.11. The van der Waals surface area contributed by atoms with Gasteiger partial charge in [-0.15, -0.1) is 0 Å². The molecule has 0 heterocycles. The number of rotatable bonds is 5. The van der Waals surface area contributed by atoms with Crippen molar-refractivity contribution in [2.24, 2.45) is 5.73 Å². The van der Waals surface area contributed by atoms with Crippen molar-refractivity contribution in [3.05, 3.63) is 45.5 Å². The Labute approximate surface area is 108 Å². The lowest BCUT2D eigenvalue weighted by atomic mass is 10.1. The van der Waals surface area contributed by atoms with Gasteiger partial charge in [-0.25, -0.2) is 0 Å². The molecule has 1 rings (SSSR count). The second kappa shape index (κ2) is 6.29. The van der Waals surface area contributed by atoms with Crippen molar-refractivity contribution in [1.29, 1.82) is 0 Å². The Bertz CT molecular complexity index is 519. The molecular formula is C12H12N2O5. The fourth-order valence-electron chi connectivity index (χ4n) is 1.35. The van der Waals surface area contributed by atoms with Crippen molar-refractivity contribution < 1.29 is 19.2 Å². The van der Waals surface area contributed by atoms with Crippen molar-refractivity contribution in [3.8, 4) is 0 Å². The molecule has 0 saturated heterocycles. The predicted molar refractivity (Wildman–Crippen MR) is 67.3 cm³/mol. The van der Waals surface area contributed by atoms with Crippen LogP contribution in [-0.4, -0.2) is 23.9 Å². The maximum absolute atomic E-state index is 11.1. The minimum absolute atomic E-state index is 0.0328. The third-order valence-electron chi connectivity index (χ3n) is 2.26. The third-order valence-corrected chi connectivity index (χ3v) is 2.26. The molecule has 0 bridgehead atoms. The summed E-state index contributed by atoms with van der Waals surface area (Å²) >= 11 is 0. The molecule has 0 aromatic heterocycles. The molecule has 7 nitrogen and oxygen atoms in total. The number of amides is 1. The van der Waals surface area contributed by atoms with Crippen LogP contribution in [0.4, 0.5) is 5.69 Å². The Kier molecular flexibility index (Phi) is 4.76. The van der Waals surface area contributed by atoms with Gasteiger partial charge in [0.05, 0.1) is 18.5 Å². The molecule has 0 aliphatic rings. The number of hydrogen-bond donors (Lipinski definition) is 1. The number of nitro benzene ring substituents is 1. The van der Waals surface area contributed by atoms with Crippen LogP contribution in [0.15, 0.2) is 24.3 Å². The Morgan fingerprint density at radius 2 is 2.11 bits per heavy atom. The number of nitrogens with two attached hydrogens (primary N) is 1. The van der Waals surface area contributed by atoms with Gasteiger partial charge in [0, 0.05) is 17.7 Å². The second-order valence-electron chi connectivity index (χ2n) is 3.62. The Morgan fingerprint density at radius 3 is 2.63 bits per heavy atom. The maximum Gasteiger partial charge on any atom is 0.309 e. The zero-order valence-corrected chi connectivity index (χ0v) is 10.2. The molecule has 19 heavy (non-hydrogen) atoms. The Balaban J connectivity index is 3.03. The molecule has 0 unspecified atom stereocenters. The van der Waals surface area contributed by atoms with Crippen LogP contribution in [-0.2, 0) is 9.53 Å². The number of primary amides is 1. The number of hydrogen-bond acceptors (Lipinski definition) is 5. The molecule has 7 heteroatoms. The van der Waals surface area contributed by atoms with E-state index in [1.165, 1.54) is 31.4 Å². The quantitative estimate of drug-likeness (QED) is 0.488. The third kappa shape index (κ3) is 4.23. The van der Waals surface area contributed by atoms with Crippen LogP contribution in [0, 0.1) is 10.1 Å². The number of nitro groups is 1. The van der Waals surface area contributed by atoms with Gasteiger partial charge in [-0.1, -0.05) is 12.2 Å². The van der Waals surface area contributed by atoms with Crippen LogP contribution < -0.4 is 5.73 Å². The second-order valence-corrected chi connectivity index (χ2v) is 3.62. The highest BCUT2D eigenvalue weighted by Crippen LogP contribution is 2.18. The van der Waals surface area contributed by atoms with Crippen molar-refractivity contribution >= 4 is 23.6 Å². The number of benzene rings is 1. The molecule has 0 fully saturated rings. The summed E-state index contributed by atoms with van der Waals surface area (Å²) in [6.07, 6.45) is 3.00. The van der Waals surface area contributed by atoms with E-state index >= 15 is 0 Å². The zero-order valence-electron chi connectivity index (χ0n) is 10.2.